The molecular formula is C18H17F3N4O3S. The number of nitrogens with one attached hydrogen (secondary N) is 1. The van der Waals surface area contributed by atoms with Crippen molar-refractivity contribution in [3.8, 4) is 5.75 Å². The number of benzene rings is 1. The van der Waals surface area contributed by atoms with E-state index in [2.05, 4.69) is 20.2 Å². The highest BCUT2D eigenvalue weighted by Gasteiger charge is 2.43. The van der Waals surface area contributed by atoms with Crippen molar-refractivity contribution in [2.24, 2.45) is 5.16 Å². The first kappa shape index (κ1) is 19.5. The Morgan fingerprint density at radius 2 is 1.97 bits per heavy atom. The number of carbonyl (C=O) groups is 1. The van der Waals surface area contributed by atoms with Gasteiger partial charge in [-0.15, -0.1) is 24.5 Å². The number of aromatic nitrogens is 1. The number of rotatable bonds is 3. The standard InChI is InChI=1S/C18H17F3N4O3S/c19-18(20,21)27-13-3-1-12(2-4-13)23-16(26)25-8-5-17(6-9-25)11-14(24-28-17)15-22-7-10-29-15/h1-4,7,10H,5-6,8-9,11H2,(H,23,26). The highest BCUT2D eigenvalue weighted by molar-refractivity contribution is 7.11. The number of hydrogen-bond donors (Lipinski definition) is 1. The molecule has 29 heavy (non-hydrogen) atoms. The van der Waals surface area contributed by atoms with Crippen molar-refractivity contribution in [3.05, 3.63) is 40.8 Å². The van der Waals surface area contributed by atoms with E-state index in [9.17, 15) is 18.0 Å². The van der Waals surface area contributed by atoms with Gasteiger partial charge in [-0.25, -0.2) is 9.78 Å². The topological polar surface area (TPSA) is 76.0 Å². The molecular weight excluding hydrogens is 409 g/mol. The van der Waals surface area contributed by atoms with E-state index in [0.29, 0.717) is 38.0 Å². The molecule has 2 aromatic rings. The second kappa shape index (κ2) is 7.54. The molecule has 0 saturated carbocycles. The first-order valence-electron chi connectivity index (χ1n) is 8.89. The van der Waals surface area contributed by atoms with E-state index in [1.807, 2.05) is 5.38 Å². The summed E-state index contributed by atoms with van der Waals surface area (Å²) in [4.78, 5) is 24.1. The molecule has 4 rings (SSSR count). The normalized spacial score (nSPS) is 18.3. The van der Waals surface area contributed by atoms with Gasteiger partial charge in [-0.2, -0.15) is 0 Å². The van der Waals surface area contributed by atoms with Crippen molar-refractivity contribution < 1.29 is 27.5 Å². The van der Waals surface area contributed by atoms with Gasteiger partial charge in [0.05, 0.1) is 0 Å². The first-order valence-corrected chi connectivity index (χ1v) is 9.77. The van der Waals surface area contributed by atoms with Crippen molar-refractivity contribution in [2.45, 2.75) is 31.2 Å². The number of thiazole rings is 1. The third-order valence-electron chi connectivity index (χ3n) is 4.82. The quantitative estimate of drug-likeness (QED) is 0.797. The van der Waals surface area contributed by atoms with E-state index in [1.165, 1.54) is 23.5 Å². The van der Waals surface area contributed by atoms with Crippen molar-refractivity contribution in [2.75, 3.05) is 18.4 Å². The Bertz CT molecular complexity index is 892. The van der Waals surface area contributed by atoms with Crippen molar-refractivity contribution >= 4 is 28.8 Å². The van der Waals surface area contributed by atoms with Crippen LogP contribution in [-0.4, -0.2) is 46.7 Å². The lowest BCUT2D eigenvalue weighted by Crippen LogP contribution is -2.48. The van der Waals surface area contributed by atoms with Gasteiger partial charge < -0.3 is 19.8 Å². The molecule has 2 aliphatic heterocycles. The summed E-state index contributed by atoms with van der Waals surface area (Å²) in [7, 11) is 0. The largest absolute Gasteiger partial charge is 0.573 e. The van der Waals surface area contributed by atoms with E-state index >= 15 is 0 Å². The Balaban J connectivity index is 1.28. The molecule has 154 valence electrons. The number of likely N-dealkylation sites (tertiary alicyclic amines) is 1. The number of nitrogens with zero attached hydrogens (tertiary/aromatic N) is 3. The minimum atomic E-state index is -4.75. The molecule has 0 bridgehead atoms. The van der Waals surface area contributed by atoms with Crippen molar-refractivity contribution in [1.82, 2.24) is 9.88 Å². The summed E-state index contributed by atoms with van der Waals surface area (Å²) in [6.07, 6.45) is -1.09. The molecule has 0 unspecified atom stereocenters. The summed E-state index contributed by atoms with van der Waals surface area (Å²) in [6, 6.07) is 4.71. The zero-order chi connectivity index (χ0) is 20.5. The van der Waals surface area contributed by atoms with Gasteiger partial charge in [0, 0.05) is 49.6 Å². The van der Waals surface area contributed by atoms with Gasteiger partial charge in [-0.1, -0.05) is 5.16 Å². The molecule has 1 spiro atoms. The van der Waals surface area contributed by atoms with Crippen LogP contribution in [0.4, 0.5) is 23.7 Å². The zero-order valence-corrected chi connectivity index (χ0v) is 15.9. The van der Waals surface area contributed by atoms with Crippen LogP contribution in [0.15, 0.2) is 41.0 Å². The summed E-state index contributed by atoms with van der Waals surface area (Å²) >= 11 is 1.51. The van der Waals surface area contributed by atoms with Gasteiger partial charge in [0.1, 0.15) is 22.1 Å². The highest BCUT2D eigenvalue weighted by atomic mass is 32.1. The van der Waals surface area contributed by atoms with Gasteiger partial charge in [0.15, 0.2) is 0 Å². The number of piperidine rings is 1. The molecule has 1 aromatic heterocycles. The smallest absolute Gasteiger partial charge is 0.406 e. The molecule has 0 radical (unpaired) electrons. The monoisotopic (exact) mass is 426 g/mol. The molecule has 0 atom stereocenters. The summed E-state index contributed by atoms with van der Waals surface area (Å²) in [5, 5.41) is 9.60. The number of amides is 2. The molecule has 3 heterocycles. The number of oxime groups is 1. The van der Waals surface area contributed by atoms with Crippen molar-refractivity contribution in [3.63, 3.8) is 0 Å². The van der Waals surface area contributed by atoms with Gasteiger partial charge in [0.25, 0.3) is 0 Å². The summed E-state index contributed by atoms with van der Waals surface area (Å²) in [5.74, 6) is -0.343. The Kier molecular flexibility index (Phi) is 5.07. The maximum Gasteiger partial charge on any atom is 0.573 e. The van der Waals surface area contributed by atoms with Crippen LogP contribution >= 0.6 is 11.3 Å². The third kappa shape index (κ3) is 4.61. The highest BCUT2D eigenvalue weighted by Crippen LogP contribution is 2.36. The number of carbonyl (C=O) groups excluding carboxylic acids is 1. The van der Waals surface area contributed by atoms with E-state index in [4.69, 9.17) is 4.84 Å². The van der Waals surface area contributed by atoms with Crippen LogP contribution in [0.1, 0.15) is 24.3 Å². The molecule has 1 aromatic carbocycles. The fourth-order valence-electron chi connectivity index (χ4n) is 3.33. The number of hydrogen-bond acceptors (Lipinski definition) is 6. The number of anilines is 1. The van der Waals surface area contributed by atoms with Crippen molar-refractivity contribution in [1.29, 1.82) is 0 Å². The van der Waals surface area contributed by atoms with Gasteiger partial charge >= 0.3 is 12.4 Å². The lowest BCUT2D eigenvalue weighted by atomic mass is 9.87. The molecule has 11 heteroatoms. The average molecular weight is 426 g/mol. The summed E-state index contributed by atoms with van der Waals surface area (Å²) in [5.41, 5.74) is 0.810. The minimum Gasteiger partial charge on any atom is -0.406 e. The van der Waals surface area contributed by atoms with E-state index in [1.54, 1.807) is 11.1 Å². The van der Waals surface area contributed by atoms with E-state index in [-0.39, 0.29) is 11.8 Å². The number of halogens is 3. The molecule has 1 fully saturated rings. The Morgan fingerprint density at radius 1 is 1.24 bits per heavy atom. The Morgan fingerprint density at radius 3 is 2.59 bits per heavy atom. The number of ether oxygens (including phenoxy) is 1. The maximum absolute atomic E-state index is 12.5. The van der Waals surface area contributed by atoms with Gasteiger partial charge in [0.2, 0.25) is 0 Å². The zero-order valence-electron chi connectivity index (χ0n) is 15.1. The van der Waals surface area contributed by atoms with Crippen LogP contribution in [0.25, 0.3) is 0 Å². The van der Waals surface area contributed by atoms with Crippen LogP contribution in [-0.2, 0) is 4.84 Å². The fourth-order valence-corrected chi connectivity index (χ4v) is 3.95. The predicted molar refractivity (Wildman–Crippen MR) is 100 cm³/mol. The number of alkyl halides is 3. The lowest BCUT2D eigenvalue weighted by Gasteiger charge is -2.37. The molecule has 2 amide bonds. The second-order valence-electron chi connectivity index (χ2n) is 6.82. The summed E-state index contributed by atoms with van der Waals surface area (Å²) in [6.45, 7) is 0.976. The number of urea groups is 1. The Labute approximate surface area is 168 Å². The Hall–Kier alpha value is -2.82. The van der Waals surface area contributed by atoms with Crippen LogP contribution in [0, 0.1) is 0 Å². The second-order valence-corrected chi connectivity index (χ2v) is 7.71. The average Bonchev–Trinajstić information content (AvgIpc) is 3.33. The molecule has 1 N–H and O–H groups in total. The maximum atomic E-state index is 12.5. The molecule has 1 saturated heterocycles. The lowest BCUT2D eigenvalue weighted by molar-refractivity contribution is -0.274. The molecule has 0 aliphatic carbocycles. The summed E-state index contributed by atoms with van der Waals surface area (Å²) < 4.78 is 40.4. The SMILES string of the molecule is O=C(Nc1ccc(OC(F)(F)F)cc1)N1CCC2(CC1)CC(c1nccs1)=NO2. The minimum absolute atomic E-state index is 0.316. The van der Waals surface area contributed by atoms with Gasteiger partial charge in [-0.3, -0.25) is 0 Å². The predicted octanol–water partition coefficient (Wildman–Crippen LogP) is 4.23. The van der Waals surface area contributed by atoms with Crippen LogP contribution < -0.4 is 10.1 Å². The van der Waals surface area contributed by atoms with Crippen LogP contribution in [0.5, 0.6) is 5.75 Å². The van der Waals surface area contributed by atoms with Crippen LogP contribution in [0.2, 0.25) is 0 Å². The molecule has 7 nitrogen and oxygen atoms in total. The fraction of sp³-hybridized carbons (Fsp3) is 0.389. The first-order chi connectivity index (χ1) is 13.8. The van der Waals surface area contributed by atoms with Gasteiger partial charge in [-0.05, 0) is 24.3 Å². The third-order valence-corrected chi connectivity index (χ3v) is 5.64. The molecule has 2 aliphatic rings. The van der Waals surface area contributed by atoms with E-state index in [0.717, 1.165) is 22.9 Å². The van der Waals surface area contributed by atoms with Crippen LogP contribution in [0.3, 0.4) is 0 Å². The van der Waals surface area contributed by atoms with E-state index < -0.39 is 12.0 Å².